The molecule has 0 radical (unpaired) electrons. The fraction of sp³-hybridized carbons (Fsp3) is 0.176. The van der Waals surface area contributed by atoms with E-state index in [0.29, 0.717) is 4.99 Å². The number of nitrogens with zero attached hydrogens (tertiary/aromatic N) is 2. The number of aromatic nitrogens is 2. The summed E-state index contributed by atoms with van der Waals surface area (Å²) >= 11 is 5.49. The Morgan fingerprint density at radius 2 is 1.81 bits per heavy atom. The molecule has 0 saturated heterocycles. The average molecular weight is 295 g/mol. The zero-order chi connectivity index (χ0) is 14.7. The molecule has 0 spiro atoms. The lowest BCUT2D eigenvalue weighted by molar-refractivity contribution is 0.706. The van der Waals surface area contributed by atoms with Crippen LogP contribution in [0.1, 0.15) is 18.9 Å². The highest BCUT2D eigenvalue weighted by Crippen LogP contribution is 2.20. The minimum Gasteiger partial charge on any atom is -0.316 e. The molecule has 106 valence electrons. The molecular weight excluding hydrogens is 278 g/mol. The molecule has 21 heavy (non-hydrogen) atoms. The molecule has 2 aromatic carbocycles. The molecule has 1 aromatic heterocycles. The largest absolute Gasteiger partial charge is 0.316 e. The molecule has 0 saturated carbocycles. The normalized spacial score (nSPS) is 10.7. The molecule has 1 N–H and O–H groups in total. The highest BCUT2D eigenvalue weighted by Gasteiger charge is 2.11. The molecule has 0 amide bonds. The van der Waals surface area contributed by atoms with Crippen LogP contribution in [0.4, 0.5) is 5.95 Å². The van der Waals surface area contributed by atoms with Crippen molar-refractivity contribution in [2.24, 2.45) is 0 Å². The maximum absolute atomic E-state index is 5.49. The zero-order valence-corrected chi connectivity index (χ0v) is 12.7. The fourth-order valence-corrected chi connectivity index (χ4v) is 2.61. The van der Waals surface area contributed by atoms with Crippen LogP contribution in [-0.4, -0.2) is 14.5 Å². The van der Waals surface area contributed by atoms with Gasteiger partial charge in [-0.15, -0.1) is 0 Å². The van der Waals surface area contributed by atoms with E-state index in [-0.39, 0.29) is 0 Å². The van der Waals surface area contributed by atoms with E-state index in [1.807, 2.05) is 48.5 Å². The summed E-state index contributed by atoms with van der Waals surface area (Å²) in [5.41, 5.74) is 3.13. The van der Waals surface area contributed by atoms with Crippen molar-refractivity contribution in [3.63, 3.8) is 0 Å². The number of hydrogen-bond acceptors (Lipinski definition) is 2. The number of para-hydroxylation sites is 2. The van der Waals surface area contributed by atoms with Crippen molar-refractivity contribution in [3.8, 4) is 0 Å². The third-order valence-electron chi connectivity index (χ3n) is 3.36. The van der Waals surface area contributed by atoms with Crippen LogP contribution in [0, 0.1) is 0 Å². The summed E-state index contributed by atoms with van der Waals surface area (Å²) in [6.45, 7) is 3.08. The second-order valence-corrected chi connectivity index (χ2v) is 5.30. The fourth-order valence-electron chi connectivity index (χ4n) is 2.38. The number of fused-ring (bicyclic) bond motifs is 1. The Bertz CT molecular complexity index is 762. The summed E-state index contributed by atoms with van der Waals surface area (Å²) in [4.78, 5) is 5.36. The van der Waals surface area contributed by atoms with Crippen LogP contribution >= 0.6 is 12.2 Å². The maximum atomic E-state index is 5.49. The van der Waals surface area contributed by atoms with E-state index in [0.717, 1.165) is 35.5 Å². The van der Waals surface area contributed by atoms with Crippen molar-refractivity contribution in [1.29, 1.82) is 0 Å². The Hall–Kier alpha value is -2.20. The highest BCUT2D eigenvalue weighted by atomic mass is 32.1. The van der Waals surface area contributed by atoms with Gasteiger partial charge in [0.05, 0.1) is 11.0 Å². The quantitative estimate of drug-likeness (QED) is 0.730. The first kappa shape index (κ1) is 13.8. The molecule has 0 unspecified atom stereocenters. The van der Waals surface area contributed by atoms with Crippen molar-refractivity contribution < 1.29 is 0 Å². The molecule has 0 aliphatic carbocycles. The minimum absolute atomic E-state index is 0.697. The van der Waals surface area contributed by atoms with Gasteiger partial charge in [0.2, 0.25) is 5.95 Å². The first-order valence-corrected chi connectivity index (χ1v) is 7.52. The molecule has 0 aliphatic rings. The van der Waals surface area contributed by atoms with Crippen LogP contribution in [0.25, 0.3) is 11.0 Å². The molecule has 1 heterocycles. The predicted molar refractivity (Wildman–Crippen MR) is 91.8 cm³/mol. The molecule has 3 nitrogen and oxygen atoms in total. The van der Waals surface area contributed by atoms with E-state index < -0.39 is 0 Å². The van der Waals surface area contributed by atoms with Crippen LogP contribution in [0.2, 0.25) is 0 Å². The molecule has 0 aliphatic heterocycles. The van der Waals surface area contributed by atoms with Crippen molar-refractivity contribution in [3.05, 3.63) is 60.2 Å². The molecule has 0 atom stereocenters. The summed E-state index contributed by atoms with van der Waals surface area (Å²) in [7, 11) is 0. The third kappa shape index (κ3) is 2.81. The first-order valence-electron chi connectivity index (χ1n) is 7.11. The van der Waals surface area contributed by atoms with Gasteiger partial charge in [-0.2, -0.15) is 0 Å². The van der Waals surface area contributed by atoms with E-state index >= 15 is 0 Å². The maximum Gasteiger partial charge on any atom is 0.209 e. The van der Waals surface area contributed by atoms with Gasteiger partial charge in [-0.3, -0.25) is 0 Å². The zero-order valence-electron chi connectivity index (χ0n) is 11.9. The summed E-state index contributed by atoms with van der Waals surface area (Å²) in [6, 6.07) is 18.1. The number of nitrogens with one attached hydrogen (secondary N) is 1. The second kappa shape index (κ2) is 6.06. The number of aryl methyl sites for hydroxylation is 1. The molecule has 3 rings (SSSR count). The Balaban J connectivity index is 1.96. The highest BCUT2D eigenvalue weighted by molar-refractivity contribution is 7.81. The summed E-state index contributed by atoms with van der Waals surface area (Å²) in [5.74, 6) is 0.812. The van der Waals surface area contributed by atoms with Gasteiger partial charge >= 0.3 is 0 Å². The average Bonchev–Trinajstić information content (AvgIpc) is 2.86. The van der Waals surface area contributed by atoms with Gasteiger partial charge in [0.25, 0.3) is 0 Å². The SMILES string of the molecule is CCCn1c(NC(=S)c2ccccc2)nc2ccccc21. The van der Waals surface area contributed by atoms with Crippen molar-refractivity contribution in [2.75, 3.05) is 5.32 Å². The van der Waals surface area contributed by atoms with E-state index in [9.17, 15) is 0 Å². The summed E-state index contributed by atoms with van der Waals surface area (Å²) < 4.78 is 2.19. The summed E-state index contributed by atoms with van der Waals surface area (Å²) in [6.07, 6.45) is 1.05. The van der Waals surface area contributed by atoms with E-state index in [2.05, 4.69) is 27.9 Å². The second-order valence-electron chi connectivity index (χ2n) is 4.90. The minimum atomic E-state index is 0.697. The van der Waals surface area contributed by atoms with Crippen LogP contribution < -0.4 is 5.32 Å². The number of rotatable bonds is 4. The Kier molecular flexibility index (Phi) is 3.97. The lowest BCUT2D eigenvalue weighted by atomic mass is 10.2. The molecular formula is C17H17N3S. The van der Waals surface area contributed by atoms with E-state index in [1.54, 1.807) is 0 Å². The van der Waals surface area contributed by atoms with Gasteiger partial charge in [0.1, 0.15) is 4.99 Å². The predicted octanol–water partition coefficient (Wildman–Crippen LogP) is 4.23. The van der Waals surface area contributed by atoms with Crippen molar-refractivity contribution in [2.45, 2.75) is 19.9 Å². The van der Waals surface area contributed by atoms with Gasteiger partial charge in [-0.25, -0.2) is 4.98 Å². The number of imidazole rings is 1. The van der Waals surface area contributed by atoms with Gasteiger partial charge in [-0.05, 0) is 18.6 Å². The smallest absolute Gasteiger partial charge is 0.209 e. The molecule has 0 bridgehead atoms. The van der Waals surface area contributed by atoms with Gasteiger partial charge in [0.15, 0.2) is 0 Å². The number of thiocarbonyl (C=S) groups is 1. The number of benzene rings is 2. The Morgan fingerprint density at radius 1 is 1.10 bits per heavy atom. The topological polar surface area (TPSA) is 29.9 Å². The van der Waals surface area contributed by atoms with Gasteiger partial charge in [0, 0.05) is 12.1 Å². The van der Waals surface area contributed by atoms with E-state index in [1.165, 1.54) is 0 Å². The van der Waals surface area contributed by atoms with Crippen LogP contribution in [0.15, 0.2) is 54.6 Å². The van der Waals surface area contributed by atoms with Gasteiger partial charge in [-0.1, -0.05) is 61.6 Å². The van der Waals surface area contributed by atoms with Crippen molar-refractivity contribution in [1.82, 2.24) is 9.55 Å². The Morgan fingerprint density at radius 3 is 2.57 bits per heavy atom. The van der Waals surface area contributed by atoms with E-state index in [4.69, 9.17) is 12.2 Å². The third-order valence-corrected chi connectivity index (χ3v) is 3.70. The standard InChI is InChI=1S/C17H17N3S/c1-2-12-20-15-11-7-6-10-14(15)18-17(20)19-16(21)13-8-4-3-5-9-13/h3-11H,2,12H2,1H3,(H,18,19,21). The Labute approximate surface area is 129 Å². The van der Waals surface area contributed by atoms with Crippen LogP contribution in [-0.2, 0) is 6.54 Å². The van der Waals surface area contributed by atoms with Crippen molar-refractivity contribution >= 4 is 34.2 Å². The van der Waals surface area contributed by atoms with Crippen LogP contribution in [0.5, 0.6) is 0 Å². The molecule has 3 aromatic rings. The van der Waals surface area contributed by atoms with Crippen LogP contribution in [0.3, 0.4) is 0 Å². The monoisotopic (exact) mass is 295 g/mol. The lowest BCUT2D eigenvalue weighted by Crippen LogP contribution is -2.14. The first-order chi connectivity index (χ1) is 10.3. The lowest BCUT2D eigenvalue weighted by Gasteiger charge is -2.10. The molecule has 0 fully saturated rings. The number of hydrogen-bond donors (Lipinski definition) is 1. The molecule has 4 heteroatoms. The summed E-state index contributed by atoms with van der Waals surface area (Å²) in [5, 5.41) is 3.28. The van der Waals surface area contributed by atoms with Gasteiger partial charge < -0.3 is 9.88 Å². The number of anilines is 1.